The lowest BCUT2D eigenvalue weighted by Crippen LogP contribution is -2.10. The summed E-state index contributed by atoms with van der Waals surface area (Å²) in [5.74, 6) is 0.121. The van der Waals surface area contributed by atoms with E-state index in [4.69, 9.17) is 16.9 Å². The van der Waals surface area contributed by atoms with Crippen LogP contribution in [0.2, 0.25) is 0 Å². The van der Waals surface area contributed by atoms with Crippen LogP contribution < -0.4 is 11.5 Å². The van der Waals surface area contributed by atoms with E-state index in [1.807, 2.05) is 60.7 Å². The number of hydrogen-bond acceptors (Lipinski definition) is 2. The van der Waals surface area contributed by atoms with E-state index < -0.39 is 0 Å². The lowest BCUT2D eigenvalue weighted by molar-refractivity contribution is 1.07. The molecule has 3 nitrogen and oxygen atoms in total. The fourth-order valence-corrected chi connectivity index (χ4v) is 3.20. The summed E-state index contributed by atoms with van der Waals surface area (Å²) in [5.41, 5.74) is 16.5. The third-order valence-electron chi connectivity index (χ3n) is 4.36. The van der Waals surface area contributed by atoms with Crippen LogP contribution in [0.5, 0.6) is 0 Å². The first-order valence-corrected chi connectivity index (χ1v) is 10.7. The third-order valence-corrected chi connectivity index (χ3v) is 4.85. The first kappa shape index (κ1) is 24.1. The van der Waals surface area contributed by atoms with Crippen LogP contribution in [0, 0.1) is 12.3 Å². The molecule has 4 aromatic rings. The molecule has 31 heavy (non-hydrogen) atoms. The number of hydrogen-bond donors (Lipinski definition) is 3. The summed E-state index contributed by atoms with van der Waals surface area (Å²) in [4.78, 5) is 0. The molecule has 5 N–H and O–H groups in total. The van der Waals surface area contributed by atoms with Crippen LogP contribution in [-0.2, 0) is 6.54 Å². The summed E-state index contributed by atoms with van der Waals surface area (Å²) < 4.78 is 1.15. The summed E-state index contributed by atoms with van der Waals surface area (Å²) in [6.45, 7) is 2.68. The summed E-state index contributed by atoms with van der Waals surface area (Å²) in [7, 11) is 0. The predicted octanol–water partition coefficient (Wildman–Crippen LogP) is 6.54. The Balaban J connectivity index is 0.000000175. The van der Waals surface area contributed by atoms with Crippen molar-refractivity contribution < 1.29 is 0 Å². The van der Waals surface area contributed by atoms with Gasteiger partial charge in [0.25, 0.3) is 0 Å². The summed E-state index contributed by atoms with van der Waals surface area (Å²) in [5, 5.41) is 7.01. The molecule has 0 aliphatic rings. The molecule has 0 atom stereocenters. The quantitative estimate of drug-likeness (QED) is 0.233. The van der Waals surface area contributed by atoms with Gasteiger partial charge in [0.2, 0.25) is 0 Å². The first-order valence-electron chi connectivity index (χ1n) is 9.95. The van der Waals surface area contributed by atoms with Gasteiger partial charge < -0.3 is 11.5 Å². The van der Waals surface area contributed by atoms with Crippen LogP contribution in [0.4, 0.5) is 0 Å². The van der Waals surface area contributed by atoms with E-state index in [9.17, 15) is 0 Å². The maximum absolute atomic E-state index is 7.01. The van der Waals surface area contributed by atoms with Crippen molar-refractivity contribution >= 4 is 21.8 Å². The average molecular weight is 474 g/mol. The van der Waals surface area contributed by atoms with E-state index >= 15 is 0 Å². The molecule has 158 valence electrons. The standard InChI is InChI=1S/C13H13N.C7H7Br.C7H8N2/c14-10-11-6-8-13(9-7-11)12-4-2-1-3-5-12;1-6-3-2-4-7(8)5-6;8-7(9)6-4-2-1-3-5-6/h1-9H,10,14H2;2-5H,1H3;1-5H,(H3,8,9). The number of halogens is 1. The van der Waals surface area contributed by atoms with Gasteiger partial charge in [0.15, 0.2) is 0 Å². The molecule has 0 heterocycles. The van der Waals surface area contributed by atoms with Gasteiger partial charge in [-0.3, -0.25) is 5.41 Å². The Morgan fingerprint density at radius 3 is 1.71 bits per heavy atom. The molecule has 0 unspecified atom stereocenters. The largest absolute Gasteiger partial charge is 0.384 e. The number of benzene rings is 4. The molecule has 0 fully saturated rings. The minimum atomic E-state index is 0.121. The van der Waals surface area contributed by atoms with Crippen LogP contribution >= 0.6 is 15.9 Å². The minimum absolute atomic E-state index is 0.121. The van der Waals surface area contributed by atoms with Gasteiger partial charge in [-0.1, -0.05) is 119 Å². The Morgan fingerprint density at radius 2 is 1.29 bits per heavy atom. The maximum atomic E-state index is 7.01. The van der Waals surface area contributed by atoms with E-state index in [-0.39, 0.29) is 5.84 Å². The molecule has 0 aliphatic carbocycles. The van der Waals surface area contributed by atoms with Crippen LogP contribution in [-0.4, -0.2) is 5.84 Å². The zero-order valence-electron chi connectivity index (χ0n) is 17.6. The topological polar surface area (TPSA) is 75.9 Å². The SMILES string of the molecule is Cc1cccc(Br)c1.N=C(N)c1ccccc1.NCc1ccc(-c2ccccc2)cc1. The van der Waals surface area contributed by atoms with Crippen molar-refractivity contribution in [3.63, 3.8) is 0 Å². The summed E-state index contributed by atoms with van der Waals surface area (Å²) in [6, 6.07) is 36.1. The van der Waals surface area contributed by atoms with Crippen molar-refractivity contribution in [2.75, 3.05) is 0 Å². The second-order valence-electron chi connectivity index (χ2n) is 6.85. The molecule has 0 radical (unpaired) electrons. The maximum Gasteiger partial charge on any atom is 0.122 e. The number of nitrogens with one attached hydrogen (secondary N) is 1. The fraction of sp³-hybridized carbons (Fsp3) is 0.0741. The van der Waals surface area contributed by atoms with Gasteiger partial charge in [0, 0.05) is 16.6 Å². The Labute approximate surface area is 193 Å². The molecular formula is C27H28BrN3. The van der Waals surface area contributed by atoms with Crippen molar-refractivity contribution in [3.8, 4) is 11.1 Å². The number of nitrogens with two attached hydrogens (primary N) is 2. The van der Waals surface area contributed by atoms with Gasteiger partial charge in [0.05, 0.1) is 0 Å². The molecule has 0 aliphatic heterocycles. The van der Waals surface area contributed by atoms with E-state index in [1.165, 1.54) is 22.3 Å². The Hall–Kier alpha value is -3.21. The van der Waals surface area contributed by atoms with E-state index in [0.717, 1.165) is 10.0 Å². The van der Waals surface area contributed by atoms with Crippen molar-refractivity contribution in [2.24, 2.45) is 11.5 Å². The predicted molar refractivity (Wildman–Crippen MR) is 136 cm³/mol. The molecule has 0 saturated heterocycles. The molecular weight excluding hydrogens is 446 g/mol. The van der Waals surface area contributed by atoms with Gasteiger partial charge >= 0.3 is 0 Å². The molecule has 4 rings (SSSR count). The lowest BCUT2D eigenvalue weighted by atomic mass is 10.0. The molecule has 0 amide bonds. The smallest absolute Gasteiger partial charge is 0.122 e. The van der Waals surface area contributed by atoms with Crippen LogP contribution in [0.3, 0.4) is 0 Å². The average Bonchev–Trinajstić information content (AvgIpc) is 2.81. The van der Waals surface area contributed by atoms with Crippen molar-refractivity contribution in [2.45, 2.75) is 13.5 Å². The van der Waals surface area contributed by atoms with Gasteiger partial charge in [-0.15, -0.1) is 0 Å². The van der Waals surface area contributed by atoms with Crippen molar-refractivity contribution in [1.82, 2.24) is 0 Å². The normalized spacial score (nSPS) is 9.52. The number of nitrogen functional groups attached to an aromatic ring is 1. The Morgan fingerprint density at radius 1 is 0.742 bits per heavy atom. The first-order chi connectivity index (χ1) is 15.0. The van der Waals surface area contributed by atoms with Gasteiger partial charge in [-0.25, -0.2) is 0 Å². The fourth-order valence-electron chi connectivity index (χ4n) is 2.69. The van der Waals surface area contributed by atoms with E-state index in [2.05, 4.69) is 71.4 Å². The Kier molecular flexibility index (Phi) is 10.2. The molecule has 0 bridgehead atoms. The Bertz CT molecular complexity index is 1030. The number of aryl methyl sites for hydroxylation is 1. The molecule has 0 aromatic heterocycles. The van der Waals surface area contributed by atoms with Crippen molar-refractivity contribution in [1.29, 1.82) is 5.41 Å². The summed E-state index contributed by atoms with van der Waals surface area (Å²) in [6.07, 6.45) is 0. The van der Waals surface area contributed by atoms with Gasteiger partial charge in [-0.2, -0.15) is 0 Å². The zero-order chi connectivity index (χ0) is 22.5. The number of rotatable bonds is 3. The zero-order valence-corrected chi connectivity index (χ0v) is 19.2. The summed E-state index contributed by atoms with van der Waals surface area (Å²) >= 11 is 3.36. The third kappa shape index (κ3) is 8.99. The van der Waals surface area contributed by atoms with E-state index in [1.54, 1.807) is 0 Å². The highest BCUT2D eigenvalue weighted by atomic mass is 79.9. The minimum Gasteiger partial charge on any atom is -0.384 e. The monoisotopic (exact) mass is 473 g/mol. The van der Waals surface area contributed by atoms with E-state index in [0.29, 0.717) is 6.54 Å². The highest BCUT2D eigenvalue weighted by Crippen LogP contribution is 2.18. The molecule has 0 spiro atoms. The molecule has 0 saturated carbocycles. The van der Waals surface area contributed by atoms with Gasteiger partial charge in [-0.05, 0) is 35.7 Å². The molecule has 4 aromatic carbocycles. The van der Waals surface area contributed by atoms with Crippen LogP contribution in [0.1, 0.15) is 16.7 Å². The van der Waals surface area contributed by atoms with Gasteiger partial charge in [0.1, 0.15) is 5.84 Å². The molecule has 4 heteroatoms. The van der Waals surface area contributed by atoms with Crippen molar-refractivity contribution in [3.05, 3.63) is 130 Å². The van der Waals surface area contributed by atoms with Crippen LogP contribution in [0.15, 0.2) is 114 Å². The highest BCUT2D eigenvalue weighted by Gasteiger charge is 1.95. The highest BCUT2D eigenvalue weighted by molar-refractivity contribution is 9.10. The second kappa shape index (κ2) is 13.2. The number of amidine groups is 1. The second-order valence-corrected chi connectivity index (χ2v) is 7.76. The lowest BCUT2D eigenvalue weighted by Gasteiger charge is -2.02. The van der Waals surface area contributed by atoms with Crippen LogP contribution in [0.25, 0.3) is 11.1 Å².